The number of hydrogen-bond donors (Lipinski definition) is 2. The molecule has 3 fully saturated rings. The Morgan fingerprint density at radius 2 is 1.96 bits per heavy atom. The van der Waals surface area contributed by atoms with Gasteiger partial charge in [0.15, 0.2) is 0 Å². The topological polar surface area (TPSA) is 128 Å². The third-order valence-corrected chi connectivity index (χ3v) is 9.67. The molecule has 47 heavy (non-hydrogen) atoms. The number of ether oxygens (including phenoxy) is 1. The van der Waals surface area contributed by atoms with Gasteiger partial charge < -0.3 is 15.4 Å². The SMILES string of the molecule is CCn1nccc1C(=O)N[C@H](c1cn2nc(C[C@H]3C[C@@H](C(F)(F)F)CNC3=O)c(CC3CCCOC3)nc2n1)C1CCC(F)(F)CC1. The van der Waals surface area contributed by atoms with Crippen molar-refractivity contribution >= 4 is 17.6 Å². The maximum Gasteiger partial charge on any atom is 0.393 e. The third kappa shape index (κ3) is 7.57. The van der Waals surface area contributed by atoms with E-state index in [0.717, 1.165) is 12.8 Å². The molecule has 4 atom stereocenters. The summed E-state index contributed by atoms with van der Waals surface area (Å²) in [6, 6.07) is 0.841. The zero-order valence-electron chi connectivity index (χ0n) is 26.1. The highest BCUT2D eigenvalue weighted by Crippen LogP contribution is 2.41. The normalized spacial score (nSPS) is 24.6. The second-order valence-corrected chi connectivity index (χ2v) is 13.0. The van der Waals surface area contributed by atoms with Gasteiger partial charge in [0.05, 0.1) is 35.2 Å². The molecular weight excluding hydrogens is 627 g/mol. The molecule has 256 valence electrons. The standard InChI is InChI=1S/C31H39F5N8O3/c1-2-43-25(7-10-38-43)28(46)41-26(19-5-8-30(32,33)9-6-19)24-16-44-29(40-24)39-22(12-18-4-3-11-47-17-18)23(42-44)14-20-13-21(31(34,35)36)15-37-27(20)45/h7,10,16,18-21,26H,2-6,8-9,11-15,17H2,1H3,(H,37,45)(H,41,46)/t18?,20-,21-,26+/m1/s1. The molecule has 5 heterocycles. The summed E-state index contributed by atoms with van der Waals surface area (Å²) in [6.07, 6.45) is 0.108. The number of imidazole rings is 1. The molecule has 3 aromatic rings. The number of carbonyl (C=O) groups is 2. The van der Waals surface area contributed by atoms with E-state index in [1.807, 2.05) is 6.92 Å². The van der Waals surface area contributed by atoms with Crippen LogP contribution in [0.3, 0.4) is 0 Å². The number of alkyl halides is 5. The lowest BCUT2D eigenvalue weighted by Crippen LogP contribution is -2.47. The first-order chi connectivity index (χ1) is 22.4. The lowest BCUT2D eigenvalue weighted by molar-refractivity contribution is -0.183. The van der Waals surface area contributed by atoms with Crippen molar-refractivity contribution in [1.29, 1.82) is 0 Å². The number of halogens is 5. The molecule has 0 spiro atoms. The first kappa shape index (κ1) is 33.2. The molecule has 0 bridgehead atoms. The highest BCUT2D eigenvalue weighted by molar-refractivity contribution is 5.92. The van der Waals surface area contributed by atoms with Crippen LogP contribution >= 0.6 is 0 Å². The van der Waals surface area contributed by atoms with Crippen LogP contribution in [0, 0.1) is 23.7 Å². The molecule has 2 amide bonds. The number of nitrogens with one attached hydrogen (secondary N) is 2. The second kappa shape index (κ2) is 13.4. The number of nitrogens with zero attached hydrogens (tertiary/aromatic N) is 6. The van der Waals surface area contributed by atoms with Crippen molar-refractivity contribution in [2.75, 3.05) is 19.8 Å². The van der Waals surface area contributed by atoms with E-state index in [-0.39, 0.29) is 56.1 Å². The zero-order valence-corrected chi connectivity index (χ0v) is 26.1. The fourth-order valence-electron chi connectivity index (χ4n) is 7.00. The number of fused-ring (bicyclic) bond motifs is 1. The van der Waals surface area contributed by atoms with Gasteiger partial charge in [-0.3, -0.25) is 14.3 Å². The predicted octanol–water partition coefficient (Wildman–Crippen LogP) is 4.46. The number of aryl methyl sites for hydroxylation is 1. The minimum Gasteiger partial charge on any atom is -0.381 e. The molecule has 1 saturated carbocycles. The van der Waals surface area contributed by atoms with Gasteiger partial charge in [-0.25, -0.2) is 23.3 Å². The minimum absolute atomic E-state index is 0.0450. The van der Waals surface area contributed by atoms with Gasteiger partial charge in [0, 0.05) is 57.7 Å². The Hall–Kier alpha value is -3.69. The number of carbonyl (C=O) groups excluding carboxylic acids is 2. The Balaban J connectivity index is 1.34. The van der Waals surface area contributed by atoms with Crippen molar-refractivity contribution < 1.29 is 36.3 Å². The van der Waals surface area contributed by atoms with Gasteiger partial charge >= 0.3 is 6.18 Å². The van der Waals surface area contributed by atoms with Gasteiger partial charge in [-0.1, -0.05) is 0 Å². The predicted molar refractivity (Wildman–Crippen MR) is 157 cm³/mol. The number of aromatic nitrogens is 6. The summed E-state index contributed by atoms with van der Waals surface area (Å²) in [5.41, 5.74) is 1.62. The molecule has 2 aliphatic heterocycles. The molecule has 1 unspecified atom stereocenters. The Morgan fingerprint density at radius 1 is 1.17 bits per heavy atom. The highest BCUT2D eigenvalue weighted by Gasteiger charge is 2.45. The summed E-state index contributed by atoms with van der Waals surface area (Å²) >= 11 is 0. The molecule has 2 saturated heterocycles. The summed E-state index contributed by atoms with van der Waals surface area (Å²) in [7, 11) is 0. The molecule has 0 aromatic carbocycles. The van der Waals surface area contributed by atoms with E-state index in [1.165, 1.54) is 15.4 Å². The first-order valence-electron chi connectivity index (χ1n) is 16.3. The van der Waals surface area contributed by atoms with E-state index >= 15 is 0 Å². The molecule has 3 aromatic heterocycles. The number of piperidine rings is 1. The molecular formula is C31H39F5N8O3. The second-order valence-electron chi connectivity index (χ2n) is 13.0. The Labute approximate surface area is 268 Å². The summed E-state index contributed by atoms with van der Waals surface area (Å²) < 4.78 is 77.7. The van der Waals surface area contributed by atoms with Gasteiger partial charge in [0.25, 0.3) is 11.7 Å². The maximum absolute atomic E-state index is 14.1. The van der Waals surface area contributed by atoms with Crippen molar-refractivity contribution in [3.05, 3.63) is 41.2 Å². The molecule has 16 heteroatoms. The van der Waals surface area contributed by atoms with E-state index in [0.29, 0.717) is 49.0 Å². The van der Waals surface area contributed by atoms with Crippen LogP contribution in [0.2, 0.25) is 0 Å². The number of amides is 2. The highest BCUT2D eigenvalue weighted by atomic mass is 19.4. The van der Waals surface area contributed by atoms with E-state index in [1.54, 1.807) is 12.3 Å². The quantitative estimate of drug-likeness (QED) is 0.323. The van der Waals surface area contributed by atoms with Crippen molar-refractivity contribution in [2.45, 2.75) is 89.4 Å². The van der Waals surface area contributed by atoms with Crippen LogP contribution in [0.1, 0.15) is 85.5 Å². The van der Waals surface area contributed by atoms with Crippen LogP contribution in [-0.4, -0.2) is 73.0 Å². The van der Waals surface area contributed by atoms with E-state index in [2.05, 4.69) is 15.7 Å². The summed E-state index contributed by atoms with van der Waals surface area (Å²) in [4.78, 5) is 35.6. The van der Waals surface area contributed by atoms with Crippen molar-refractivity contribution in [3.63, 3.8) is 0 Å². The zero-order chi connectivity index (χ0) is 33.3. The lowest BCUT2D eigenvalue weighted by Gasteiger charge is -2.33. The molecule has 6 rings (SSSR count). The van der Waals surface area contributed by atoms with E-state index in [9.17, 15) is 31.5 Å². The van der Waals surface area contributed by atoms with Gasteiger partial charge in [0.2, 0.25) is 11.8 Å². The van der Waals surface area contributed by atoms with Crippen LogP contribution in [0.4, 0.5) is 22.0 Å². The molecule has 2 N–H and O–H groups in total. The van der Waals surface area contributed by atoms with Crippen LogP contribution in [0.25, 0.3) is 5.78 Å². The van der Waals surface area contributed by atoms with Crippen LogP contribution < -0.4 is 10.6 Å². The molecule has 1 aliphatic carbocycles. The fraction of sp³-hybridized carbons (Fsp3) is 0.677. The summed E-state index contributed by atoms with van der Waals surface area (Å²) in [5, 5.41) is 14.3. The summed E-state index contributed by atoms with van der Waals surface area (Å²) in [5.74, 6) is -6.31. The minimum atomic E-state index is -4.44. The van der Waals surface area contributed by atoms with Gasteiger partial charge in [-0.05, 0) is 63.4 Å². The number of rotatable bonds is 9. The van der Waals surface area contributed by atoms with Crippen LogP contribution in [-0.2, 0) is 28.9 Å². The Kier molecular flexibility index (Phi) is 9.50. The molecule has 3 aliphatic rings. The van der Waals surface area contributed by atoms with Gasteiger partial charge in [-0.15, -0.1) is 0 Å². The van der Waals surface area contributed by atoms with Crippen molar-refractivity contribution in [1.82, 2.24) is 40.0 Å². The average Bonchev–Trinajstić information content (AvgIpc) is 3.68. The van der Waals surface area contributed by atoms with E-state index < -0.39 is 48.3 Å². The smallest absolute Gasteiger partial charge is 0.381 e. The van der Waals surface area contributed by atoms with Crippen LogP contribution in [0.15, 0.2) is 18.5 Å². The third-order valence-electron chi connectivity index (χ3n) is 9.67. The van der Waals surface area contributed by atoms with Gasteiger partial charge in [-0.2, -0.15) is 23.4 Å². The fourth-order valence-corrected chi connectivity index (χ4v) is 7.00. The average molecular weight is 667 g/mol. The monoisotopic (exact) mass is 666 g/mol. The van der Waals surface area contributed by atoms with Crippen molar-refractivity contribution in [3.8, 4) is 0 Å². The Bertz CT molecular complexity index is 1570. The maximum atomic E-state index is 14.1. The van der Waals surface area contributed by atoms with Crippen LogP contribution in [0.5, 0.6) is 0 Å². The van der Waals surface area contributed by atoms with E-state index in [4.69, 9.17) is 19.8 Å². The first-order valence-corrected chi connectivity index (χ1v) is 16.3. The van der Waals surface area contributed by atoms with Gasteiger partial charge in [0.1, 0.15) is 5.69 Å². The largest absolute Gasteiger partial charge is 0.393 e. The summed E-state index contributed by atoms with van der Waals surface area (Å²) in [6.45, 7) is 3.00. The Morgan fingerprint density at radius 3 is 2.66 bits per heavy atom. The molecule has 11 nitrogen and oxygen atoms in total. The number of hydrogen-bond acceptors (Lipinski definition) is 7. The van der Waals surface area contributed by atoms with Crippen molar-refractivity contribution in [2.24, 2.45) is 23.7 Å². The molecule has 0 radical (unpaired) electrons. The lowest BCUT2D eigenvalue weighted by atomic mass is 9.81.